The average molecular weight is 286 g/mol. The zero-order valence-electron chi connectivity index (χ0n) is 11.5. The van der Waals surface area contributed by atoms with Crippen molar-refractivity contribution in [2.75, 3.05) is 6.61 Å². The van der Waals surface area contributed by atoms with E-state index in [1.165, 1.54) is 11.3 Å². The zero-order valence-corrected chi connectivity index (χ0v) is 12.4. The fraction of sp³-hybridized carbons (Fsp3) is 0.235. The monoisotopic (exact) mass is 286 g/mol. The van der Waals surface area contributed by atoms with Crippen LogP contribution in [0.4, 0.5) is 0 Å². The summed E-state index contributed by atoms with van der Waals surface area (Å²) >= 11 is 1.49. The van der Waals surface area contributed by atoms with Crippen molar-refractivity contribution in [1.29, 1.82) is 0 Å². The molecule has 0 unspecified atom stereocenters. The molecule has 0 atom stereocenters. The van der Waals surface area contributed by atoms with E-state index in [0.717, 1.165) is 46.8 Å². The predicted molar refractivity (Wildman–Crippen MR) is 85.5 cm³/mol. The summed E-state index contributed by atoms with van der Waals surface area (Å²) in [7, 11) is 0. The Balaban J connectivity index is 1.94. The Kier molecular flexibility index (Phi) is 5.56. The van der Waals surface area contributed by atoms with Gasteiger partial charge in [-0.05, 0) is 42.3 Å². The molecular formula is C17H18O2S. The van der Waals surface area contributed by atoms with Gasteiger partial charge in [-0.2, -0.15) is 0 Å². The Morgan fingerprint density at radius 3 is 2.45 bits per heavy atom. The van der Waals surface area contributed by atoms with Crippen LogP contribution in [0.25, 0.3) is 12.2 Å². The van der Waals surface area contributed by atoms with Crippen LogP contribution in [0.5, 0.6) is 5.75 Å². The van der Waals surface area contributed by atoms with Crippen LogP contribution in [0.1, 0.15) is 39.9 Å². The molecule has 0 aliphatic carbocycles. The maximum absolute atomic E-state index is 10.6. The van der Waals surface area contributed by atoms with Gasteiger partial charge in [-0.1, -0.05) is 31.6 Å². The van der Waals surface area contributed by atoms with Crippen molar-refractivity contribution in [3.05, 3.63) is 51.7 Å². The Labute approximate surface area is 123 Å². The van der Waals surface area contributed by atoms with Crippen LogP contribution in [0.2, 0.25) is 0 Å². The lowest BCUT2D eigenvalue weighted by atomic mass is 10.2. The van der Waals surface area contributed by atoms with Crippen molar-refractivity contribution in [3.8, 4) is 5.75 Å². The summed E-state index contributed by atoms with van der Waals surface area (Å²) < 4.78 is 5.62. The van der Waals surface area contributed by atoms with Gasteiger partial charge < -0.3 is 4.74 Å². The van der Waals surface area contributed by atoms with E-state index < -0.39 is 0 Å². The van der Waals surface area contributed by atoms with Gasteiger partial charge in [-0.15, -0.1) is 11.3 Å². The van der Waals surface area contributed by atoms with Gasteiger partial charge in [-0.3, -0.25) is 4.79 Å². The van der Waals surface area contributed by atoms with Crippen molar-refractivity contribution in [2.24, 2.45) is 0 Å². The molecule has 1 aromatic carbocycles. The minimum Gasteiger partial charge on any atom is -0.494 e. The highest BCUT2D eigenvalue weighted by Crippen LogP contribution is 2.19. The van der Waals surface area contributed by atoms with Gasteiger partial charge in [0.1, 0.15) is 5.75 Å². The zero-order chi connectivity index (χ0) is 14.2. The van der Waals surface area contributed by atoms with Gasteiger partial charge in [0, 0.05) is 4.88 Å². The van der Waals surface area contributed by atoms with Gasteiger partial charge in [0.25, 0.3) is 0 Å². The summed E-state index contributed by atoms with van der Waals surface area (Å²) in [5, 5.41) is 0. The fourth-order valence-electron chi connectivity index (χ4n) is 1.71. The van der Waals surface area contributed by atoms with Crippen LogP contribution in [-0.4, -0.2) is 12.9 Å². The Morgan fingerprint density at radius 1 is 1.05 bits per heavy atom. The van der Waals surface area contributed by atoms with E-state index in [1.54, 1.807) is 0 Å². The molecule has 0 bridgehead atoms. The third kappa shape index (κ3) is 4.35. The normalized spacial score (nSPS) is 10.8. The first-order valence-corrected chi connectivity index (χ1v) is 7.59. The number of carbonyl (C=O) groups is 1. The summed E-state index contributed by atoms with van der Waals surface area (Å²) in [5.74, 6) is 0.912. The Hall–Kier alpha value is -1.87. The third-order valence-electron chi connectivity index (χ3n) is 2.85. The van der Waals surface area contributed by atoms with Crippen molar-refractivity contribution >= 4 is 29.8 Å². The number of unbranched alkanes of at least 4 members (excludes halogenated alkanes) is 1. The molecule has 0 radical (unpaired) electrons. The lowest BCUT2D eigenvalue weighted by Gasteiger charge is -2.04. The number of hydrogen-bond acceptors (Lipinski definition) is 3. The summed E-state index contributed by atoms with van der Waals surface area (Å²) in [6, 6.07) is 11.8. The lowest BCUT2D eigenvalue weighted by molar-refractivity contribution is 0.112. The van der Waals surface area contributed by atoms with E-state index in [1.807, 2.05) is 48.6 Å². The van der Waals surface area contributed by atoms with E-state index in [2.05, 4.69) is 6.92 Å². The fourth-order valence-corrected chi connectivity index (χ4v) is 2.44. The van der Waals surface area contributed by atoms with Crippen molar-refractivity contribution < 1.29 is 9.53 Å². The highest BCUT2D eigenvalue weighted by molar-refractivity contribution is 7.14. The molecule has 1 aromatic heterocycles. The first-order chi connectivity index (χ1) is 9.81. The molecular weight excluding hydrogens is 268 g/mol. The molecule has 3 heteroatoms. The topological polar surface area (TPSA) is 26.3 Å². The van der Waals surface area contributed by atoms with Crippen molar-refractivity contribution in [3.63, 3.8) is 0 Å². The third-order valence-corrected chi connectivity index (χ3v) is 3.83. The summed E-state index contributed by atoms with van der Waals surface area (Å²) in [4.78, 5) is 12.4. The summed E-state index contributed by atoms with van der Waals surface area (Å²) in [6.45, 7) is 2.92. The predicted octanol–water partition coefficient (Wildman–Crippen LogP) is 4.91. The molecule has 0 spiro atoms. The maximum Gasteiger partial charge on any atom is 0.160 e. The number of ether oxygens (including phenoxy) is 1. The number of rotatable bonds is 7. The second kappa shape index (κ2) is 7.65. The number of aldehydes is 1. The van der Waals surface area contributed by atoms with E-state index in [-0.39, 0.29) is 0 Å². The largest absolute Gasteiger partial charge is 0.494 e. The summed E-state index contributed by atoms with van der Waals surface area (Å²) in [5.41, 5.74) is 1.12. The molecule has 0 aliphatic rings. The van der Waals surface area contributed by atoms with Gasteiger partial charge >= 0.3 is 0 Å². The molecule has 2 aromatic rings. The SMILES string of the molecule is CCCCOc1ccc(/C=C/c2ccc(C=O)s2)cc1. The van der Waals surface area contributed by atoms with E-state index >= 15 is 0 Å². The lowest BCUT2D eigenvalue weighted by Crippen LogP contribution is -1.95. The van der Waals surface area contributed by atoms with Crippen LogP contribution < -0.4 is 4.74 Å². The second-order valence-corrected chi connectivity index (χ2v) is 5.61. The number of thiophene rings is 1. The molecule has 2 rings (SSSR count). The molecule has 0 saturated heterocycles. The molecule has 2 nitrogen and oxygen atoms in total. The van der Waals surface area contributed by atoms with Crippen LogP contribution in [0, 0.1) is 0 Å². The van der Waals surface area contributed by atoms with Gasteiger partial charge in [0.2, 0.25) is 0 Å². The molecule has 0 amide bonds. The highest BCUT2D eigenvalue weighted by atomic mass is 32.1. The van der Waals surface area contributed by atoms with Gasteiger partial charge in [0.05, 0.1) is 11.5 Å². The molecule has 0 saturated carbocycles. The highest BCUT2D eigenvalue weighted by Gasteiger charge is 1.96. The number of benzene rings is 1. The van der Waals surface area contributed by atoms with Gasteiger partial charge in [-0.25, -0.2) is 0 Å². The average Bonchev–Trinajstić information content (AvgIpc) is 2.95. The minimum absolute atomic E-state index is 0.754. The van der Waals surface area contributed by atoms with Crippen LogP contribution in [0.3, 0.4) is 0 Å². The second-order valence-electron chi connectivity index (χ2n) is 4.46. The molecule has 0 N–H and O–H groups in total. The first kappa shape index (κ1) is 14.5. The van der Waals surface area contributed by atoms with E-state index in [4.69, 9.17) is 4.74 Å². The minimum atomic E-state index is 0.754. The van der Waals surface area contributed by atoms with Gasteiger partial charge in [0.15, 0.2) is 6.29 Å². The van der Waals surface area contributed by atoms with Crippen LogP contribution in [0.15, 0.2) is 36.4 Å². The Morgan fingerprint density at radius 2 is 1.80 bits per heavy atom. The van der Waals surface area contributed by atoms with Crippen molar-refractivity contribution in [1.82, 2.24) is 0 Å². The smallest absolute Gasteiger partial charge is 0.160 e. The molecule has 0 aliphatic heterocycles. The number of hydrogen-bond donors (Lipinski definition) is 0. The van der Waals surface area contributed by atoms with Crippen LogP contribution >= 0.6 is 11.3 Å². The molecule has 0 fully saturated rings. The number of carbonyl (C=O) groups excluding carboxylic acids is 1. The summed E-state index contributed by atoms with van der Waals surface area (Å²) in [6.07, 6.45) is 7.16. The van der Waals surface area contributed by atoms with E-state index in [0.29, 0.717) is 0 Å². The van der Waals surface area contributed by atoms with Crippen LogP contribution in [-0.2, 0) is 0 Å². The molecule has 1 heterocycles. The molecule has 104 valence electrons. The first-order valence-electron chi connectivity index (χ1n) is 6.78. The van der Waals surface area contributed by atoms with Crippen molar-refractivity contribution in [2.45, 2.75) is 19.8 Å². The van der Waals surface area contributed by atoms with E-state index in [9.17, 15) is 4.79 Å². The Bertz CT molecular complexity index is 567. The standard InChI is InChI=1S/C17H18O2S/c1-2-3-12-19-15-7-4-14(5-8-15)6-9-16-10-11-17(13-18)20-16/h4-11,13H,2-3,12H2,1H3/b9-6+. The molecule has 20 heavy (non-hydrogen) atoms. The maximum atomic E-state index is 10.6. The quantitative estimate of drug-likeness (QED) is 0.534.